The fourth-order valence-corrected chi connectivity index (χ4v) is 7.97. The van der Waals surface area contributed by atoms with Gasteiger partial charge in [-0.15, -0.1) is 0 Å². The lowest BCUT2D eigenvalue weighted by atomic mass is 9.89. The lowest BCUT2D eigenvalue weighted by molar-refractivity contribution is 0.635. The molecule has 0 N–H and O–H groups in total. The zero-order valence-corrected chi connectivity index (χ0v) is 27.9. The Morgan fingerprint density at radius 2 is 1.27 bits per heavy atom. The van der Waals surface area contributed by atoms with Crippen LogP contribution in [0.5, 0.6) is 0 Å². The third-order valence-corrected chi connectivity index (χ3v) is 10.5. The Bertz CT molecular complexity index is 2760. The minimum atomic E-state index is -0.320. The van der Waals surface area contributed by atoms with E-state index in [4.69, 9.17) is 9.40 Å². The first-order valence-corrected chi connectivity index (χ1v) is 17.7. The Morgan fingerprint density at radius 1 is 0.529 bits per heavy atom. The molecule has 51 heavy (non-hydrogen) atoms. The zero-order chi connectivity index (χ0) is 33.9. The summed E-state index contributed by atoms with van der Waals surface area (Å²) in [5.74, 6) is 0.347. The van der Waals surface area contributed by atoms with Crippen molar-refractivity contribution in [2.45, 2.75) is 25.7 Å². The molecule has 7 aromatic carbocycles. The van der Waals surface area contributed by atoms with E-state index >= 15 is 4.39 Å². The third kappa shape index (κ3) is 4.98. The van der Waals surface area contributed by atoms with E-state index in [1.165, 1.54) is 35.6 Å². The number of halogens is 1. The molecule has 1 aliphatic carbocycles. The fourth-order valence-electron chi connectivity index (χ4n) is 7.97. The van der Waals surface area contributed by atoms with Gasteiger partial charge in [0.05, 0.1) is 11.2 Å². The van der Waals surface area contributed by atoms with Gasteiger partial charge in [-0.2, -0.15) is 0 Å². The molecule has 0 amide bonds. The number of nitrogens with zero attached hydrogens (tertiary/aromatic N) is 2. The lowest BCUT2D eigenvalue weighted by Gasteiger charge is -2.17. The van der Waals surface area contributed by atoms with Crippen molar-refractivity contribution in [1.82, 2.24) is 9.55 Å². The van der Waals surface area contributed by atoms with Crippen molar-refractivity contribution >= 4 is 33.0 Å². The summed E-state index contributed by atoms with van der Waals surface area (Å²) in [5.41, 5.74) is 13.8. The van der Waals surface area contributed by atoms with E-state index in [2.05, 4.69) is 84.9 Å². The van der Waals surface area contributed by atoms with Gasteiger partial charge in [0.25, 0.3) is 0 Å². The number of hydrogen-bond donors (Lipinski definition) is 0. The molecule has 0 fully saturated rings. The quantitative estimate of drug-likeness (QED) is 0.184. The van der Waals surface area contributed by atoms with Gasteiger partial charge >= 0.3 is 0 Å². The molecule has 0 radical (unpaired) electrons. The molecular weight excluding hydrogens is 628 g/mol. The largest absolute Gasteiger partial charge is 0.455 e. The second-order valence-electron chi connectivity index (χ2n) is 13.5. The van der Waals surface area contributed by atoms with Gasteiger partial charge in [0.1, 0.15) is 28.3 Å². The standard InChI is InChI=1S/C47H33FN2O/c48-41-19-10-20-42-45(41)50(43-29-34(30-11-3-1-4-12-30)23-25-37(43)32-14-5-2-6-15-32)47(49-42)36-24-26-44-40(28-36)39-18-9-17-38(46(39)51-44)35-22-21-31-13-7-8-16-33(31)27-35/h1-6,9-12,14-15,17-29H,7-8,13,16H2. The van der Waals surface area contributed by atoms with Gasteiger partial charge in [0.2, 0.25) is 0 Å². The summed E-state index contributed by atoms with van der Waals surface area (Å²) in [6.45, 7) is 0. The minimum Gasteiger partial charge on any atom is -0.455 e. The minimum absolute atomic E-state index is 0.320. The fraction of sp³-hybridized carbons (Fsp3) is 0.0851. The van der Waals surface area contributed by atoms with Crippen molar-refractivity contribution in [1.29, 1.82) is 0 Å². The lowest BCUT2D eigenvalue weighted by Crippen LogP contribution is -2.02. The summed E-state index contributed by atoms with van der Waals surface area (Å²) in [7, 11) is 0. The first-order chi connectivity index (χ1) is 25.2. The number of furan rings is 1. The molecule has 244 valence electrons. The number of imidazole rings is 1. The number of hydrogen-bond acceptors (Lipinski definition) is 2. The average molecular weight is 661 g/mol. The summed E-state index contributed by atoms with van der Waals surface area (Å²) < 4.78 is 24.7. The summed E-state index contributed by atoms with van der Waals surface area (Å²) in [4.78, 5) is 5.13. The number of rotatable bonds is 5. The van der Waals surface area contributed by atoms with E-state index in [9.17, 15) is 0 Å². The van der Waals surface area contributed by atoms with Gasteiger partial charge in [-0.25, -0.2) is 9.37 Å². The van der Waals surface area contributed by atoms with Crippen LogP contribution in [0.3, 0.4) is 0 Å². The Kier molecular flexibility index (Phi) is 6.95. The van der Waals surface area contributed by atoms with E-state index in [1.807, 2.05) is 59.2 Å². The molecule has 2 heterocycles. The van der Waals surface area contributed by atoms with Gasteiger partial charge in [-0.3, -0.25) is 4.57 Å². The molecule has 0 spiro atoms. The van der Waals surface area contributed by atoms with Crippen molar-refractivity contribution < 1.29 is 8.81 Å². The van der Waals surface area contributed by atoms with Crippen LogP contribution >= 0.6 is 0 Å². The summed E-state index contributed by atoms with van der Waals surface area (Å²) in [5, 5.41) is 2.05. The molecule has 9 aromatic rings. The third-order valence-electron chi connectivity index (χ3n) is 10.5. The van der Waals surface area contributed by atoms with Gasteiger partial charge in [-0.1, -0.05) is 115 Å². The maximum atomic E-state index is 16.1. The van der Waals surface area contributed by atoms with Crippen LogP contribution < -0.4 is 0 Å². The second-order valence-corrected chi connectivity index (χ2v) is 13.5. The molecule has 0 bridgehead atoms. The van der Waals surface area contributed by atoms with Crippen LogP contribution in [0.15, 0.2) is 156 Å². The summed E-state index contributed by atoms with van der Waals surface area (Å²) >= 11 is 0. The molecule has 4 heteroatoms. The normalized spacial score (nSPS) is 12.9. The molecule has 0 saturated heterocycles. The van der Waals surface area contributed by atoms with E-state index < -0.39 is 0 Å². The van der Waals surface area contributed by atoms with Crippen LogP contribution in [-0.4, -0.2) is 9.55 Å². The summed E-state index contributed by atoms with van der Waals surface area (Å²) in [6, 6.07) is 51.7. The highest BCUT2D eigenvalue weighted by Crippen LogP contribution is 2.41. The highest BCUT2D eigenvalue weighted by atomic mass is 19.1. The number of benzene rings is 7. The Morgan fingerprint density at radius 3 is 2.12 bits per heavy atom. The van der Waals surface area contributed by atoms with Crippen LogP contribution in [0.4, 0.5) is 4.39 Å². The maximum absolute atomic E-state index is 16.1. The molecule has 0 atom stereocenters. The first-order valence-electron chi connectivity index (χ1n) is 17.7. The van der Waals surface area contributed by atoms with Gasteiger partial charge in [0.15, 0.2) is 0 Å². The van der Waals surface area contributed by atoms with Crippen LogP contribution in [0.25, 0.3) is 83.4 Å². The smallest absolute Gasteiger partial charge is 0.149 e. The van der Waals surface area contributed by atoms with Gasteiger partial charge in [-0.05, 0) is 95.5 Å². The Hall–Kier alpha value is -6.26. The monoisotopic (exact) mass is 660 g/mol. The molecule has 3 nitrogen and oxygen atoms in total. The number of aromatic nitrogens is 2. The molecule has 10 rings (SSSR count). The SMILES string of the molecule is Fc1cccc2nc(-c3ccc4oc5c(-c6ccc7c(c6)CCCC7)cccc5c4c3)n(-c3cc(-c4ccccc4)ccc3-c3ccccc3)c12. The van der Waals surface area contributed by atoms with Crippen molar-refractivity contribution in [3.63, 3.8) is 0 Å². The van der Waals surface area contributed by atoms with Crippen LogP contribution in [0.1, 0.15) is 24.0 Å². The first kappa shape index (κ1) is 29.6. The average Bonchev–Trinajstić information content (AvgIpc) is 3.77. The van der Waals surface area contributed by atoms with Gasteiger partial charge < -0.3 is 4.42 Å². The van der Waals surface area contributed by atoms with Crippen molar-refractivity contribution in [3.8, 4) is 50.5 Å². The molecule has 0 saturated carbocycles. The predicted octanol–water partition coefficient (Wildman–Crippen LogP) is 12.6. The van der Waals surface area contributed by atoms with Crippen molar-refractivity contribution in [3.05, 3.63) is 169 Å². The van der Waals surface area contributed by atoms with Crippen molar-refractivity contribution in [2.75, 3.05) is 0 Å². The maximum Gasteiger partial charge on any atom is 0.149 e. The molecule has 0 aliphatic heterocycles. The number of fused-ring (bicyclic) bond motifs is 5. The summed E-state index contributed by atoms with van der Waals surface area (Å²) in [6.07, 6.45) is 4.79. The van der Waals surface area contributed by atoms with E-state index in [1.54, 1.807) is 6.07 Å². The van der Waals surface area contributed by atoms with Crippen LogP contribution in [0, 0.1) is 5.82 Å². The highest BCUT2D eigenvalue weighted by Gasteiger charge is 2.22. The Balaban J connectivity index is 1.20. The van der Waals surface area contributed by atoms with Gasteiger partial charge in [0, 0.05) is 27.5 Å². The van der Waals surface area contributed by atoms with E-state index in [0.29, 0.717) is 16.9 Å². The second kappa shape index (κ2) is 12.0. The Labute approximate surface area is 295 Å². The highest BCUT2D eigenvalue weighted by molar-refractivity contribution is 6.10. The number of para-hydroxylation sites is 2. The molecule has 2 aromatic heterocycles. The molecule has 0 unspecified atom stereocenters. The van der Waals surface area contributed by atoms with Crippen LogP contribution in [0.2, 0.25) is 0 Å². The zero-order valence-electron chi connectivity index (χ0n) is 27.9. The van der Waals surface area contributed by atoms with Crippen molar-refractivity contribution in [2.24, 2.45) is 0 Å². The van der Waals surface area contributed by atoms with Crippen LogP contribution in [-0.2, 0) is 12.8 Å². The van der Waals surface area contributed by atoms with E-state index in [0.717, 1.165) is 73.8 Å². The number of aryl methyl sites for hydroxylation is 2. The topological polar surface area (TPSA) is 31.0 Å². The molecule has 1 aliphatic rings. The molecular formula is C47H33FN2O. The predicted molar refractivity (Wildman–Crippen MR) is 207 cm³/mol. The van der Waals surface area contributed by atoms with E-state index in [-0.39, 0.29) is 5.82 Å².